The second kappa shape index (κ2) is 11.5. The van der Waals surface area contributed by atoms with Gasteiger partial charge in [-0.2, -0.15) is 0 Å². The maximum atomic E-state index is 4.70. The van der Waals surface area contributed by atoms with E-state index < -0.39 is 0 Å². The molecule has 5 nitrogen and oxygen atoms in total. The molecule has 0 amide bonds. The molecule has 1 heterocycles. The van der Waals surface area contributed by atoms with Gasteiger partial charge in [0.15, 0.2) is 5.96 Å². The summed E-state index contributed by atoms with van der Waals surface area (Å²) in [6.07, 6.45) is 1.15. The number of aliphatic imine (C=N–C) groups is 1. The third-order valence-electron chi connectivity index (χ3n) is 4.29. The molecule has 1 aliphatic heterocycles. The van der Waals surface area contributed by atoms with Crippen molar-refractivity contribution in [1.29, 1.82) is 0 Å². The number of anilines is 1. The van der Waals surface area contributed by atoms with Crippen LogP contribution in [0, 0.1) is 0 Å². The van der Waals surface area contributed by atoms with Crippen molar-refractivity contribution >= 4 is 35.6 Å². The molecule has 24 heavy (non-hydrogen) atoms. The van der Waals surface area contributed by atoms with E-state index in [-0.39, 0.29) is 24.0 Å². The number of hydrogen-bond donors (Lipinski definition) is 2. The summed E-state index contributed by atoms with van der Waals surface area (Å²) in [7, 11) is 2.13. The molecule has 0 aliphatic carbocycles. The predicted octanol–water partition coefficient (Wildman–Crippen LogP) is 2.39. The van der Waals surface area contributed by atoms with Crippen molar-refractivity contribution < 1.29 is 0 Å². The molecule has 0 radical (unpaired) electrons. The van der Waals surface area contributed by atoms with Crippen LogP contribution in [0.25, 0.3) is 0 Å². The van der Waals surface area contributed by atoms with Gasteiger partial charge in [-0.05, 0) is 39.1 Å². The lowest BCUT2D eigenvalue weighted by Crippen LogP contribution is -2.45. The molecule has 1 aliphatic rings. The lowest BCUT2D eigenvalue weighted by Gasteiger charge is -2.20. The van der Waals surface area contributed by atoms with Crippen LogP contribution in [0.15, 0.2) is 35.3 Å². The molecular formula is C18H32IN5. The quantitative estimate of drug-likeness (QED) is 0.385. The summed E-state index contributed by atoms with van der Waals surface area (Å²) < 4.78 is 0. The van der Waals surface area contributed by atoms with E-state index in [4.69, 9.17) is 4.99 Å². The predicted molar refractivity (Wildman–Crippen MR) is 115 cm³/mol. The van der Waals surface area contributed by atoms with Crippen LogP contribution in [0.5, 0.6) is 0 Å². The minimum absolute atomic E-state index is 0. The Bertz CT molecular complexity index is 480. The molecule has 0 bridgehead atoms. The average molecular weight is 445 g/mol. The number of benzene rings is 1. The fourth-order valence-corrected chi connectivity index (χ4v) is 2.76. The van der Waals surface area contributed by atoms with Crippen molar-refractivity contribution in [3.05, 3.63) is 30.3 Å². The zero-order valence-electron chi connectivity index (χ0n) is 15.2. The maximum Gasteiger partial charge on any atom is 0.191 e. The SMILES string of the molecule is CCNC(=NCCN(C)CC)NC1CCN(c2ccccc2)C1.I. The first-order chi connectivity index (χ1) is 11.2. The van der Waals surface area contributed by atoms with E-state index in [9.17, 15) is 0 Å². The van der Waals surface area contributed by atoms with Gasteiger partial charge in [0.05, 0.1) is 6.54 Å². The number of likely N-dealkylation sites (N-methyl/N-ethyl adjacent to an activating group) is 1. The fourth-order valence-electron chi connectivity index (χ4n) is 2.76. The topological polar surface area (TPSA) is 42.9 Å². The summed E-state index contributed by atoms with van der Waals surface area (Å²) in [5, 5.41) is 6.94. The van der Waals surface area contributed by atoms with Crippen LogP contribution in [0.1, 0.15) is 20.3 Å². The summed E-state index contributed by atoms with van der Waals surface area (Å²) in [4.78, 5) is 9.41. The Balaban J connectivity index is 0.00000288. The van der Waals surface area contributed by atoms with Crippen LogP contribution in [0.2, 0.25) is 0 Å². The molecule has 1 unspecified atom stereocenters. The average Bonchev–Trinajstić information content (AvgIpc) is 3.04. The molecular weight excluding hydrogens is 413 g/mol. The molecule has 0 spiro atoms. The van der Waals surface area contributed by atoms with E-state index in [1.54, 1.807) is 0 Å². The Morgan fingerprint density at radius 3 is 2.71 bits per heavy atom. The van der Waals surface area contributed by atoms with Crippen molar-refractivity contribution in [1.82, 2.24) is 15.5 Å². The molecule has 2 N–H and O–H groups in total. The third kappa shape index (κ3) is 6.84. The first kappa shape index (κ1) is 21.0. The fraction of sp³-hybridized carbons (Fsp3) is 0.611. The highest BCUT2D eigenvalue weighted by Crippen LogP contribution is 2.19. The van der Waals surface area contributed by atoms with Crippen LogP contribution in [0.3, 0.4) is 0 Å². The summed E-state index contributed by atoms with van der Waals surface area (Å²) >= 11 is 0. The number of nitrogens with one attached hydrogen (secondary N) is 2. The van der Waals surface area contributed by atoms with Gasteiger partial charge in [0.1, 0.15) is 0 Å². The van der Waals surface area contributed by atoms with E-state index in [1.807, 2.05) is 0 Å². The van der Waals surface area contributed by atoms with E-state index >= 15 is 0 Å². The normalized spacial score (nSPS) is 17.8. The molecule has 2 rings (SSSR count). The second-order valence-electron chi connectivity index (χ2n) is 6.07. The Labute approximate surface area is 163 Å². The van der Waals surface area contributed by atoms with E-state index in [0.717, 1.165) is 51.6 Å². The third-order valence-corrected chi connectivity index (χ3v) is 4.29. The van der Waals surface area contributed by atoms with Crippen LogP contribution < -0.4 is 15.5 Å². The summed E-state index contributed by atoms with van der Waals surface area (Å²) in [6.45, 7) is 10.2. The van der Waals surface area contributed by atoms with Crippen LogP contribution >= 0.6 is 24.0 Å². The zero-order valence-corrected chi connectivity index (χ0v) is 17.5. The highest BCUT2D eigenvalue weighted by atomic mass is 127. The maximum absolute atomic E-state index is 4.70. The molecule has 1 fully saturated rings. The van der Waals surface area contributed by atoms with Crippen LogP contribution in [-0.2, 0) is 0 Å². The Morgan fingerprint density at radius 2 is 2.04 bits per heavy atom. The lowest BCUT2D eigenvalue weighted by molar-refractivity contribution is 0.363. The van der Waals surface area contributed by atoms with Gasteiger partial charge in [0.2, 0.25) is 0 Å². The van der Waals surface area contributed by atoms with Gasteiger partial charge >= 0.3 is 0 Å². The summed E-state index contributed by atoms with van der Waals surface area (Å²) in [5.41, 5.74) is 1.31. The highest BCUT2D eigenvalue weighted by Gasteiger charge is 2.23. The van der Waals surface area contributed by atoms with E-state index in [0.29, 0.717) is 6.04 Å². The number of nitrogens with zero attached hydrogens (tertiary/aromatic N) is 3. The number of rotatable bonds is 7. The number of hydrogen-bond acceptors (Lipinski definition) is 3. The summed E-state index contributed by atoms with van der Waals surface area (Å²) in [6, 6.07) is 11.1. The Kier molecular flexibility index (Phi) is 10.1. The van der Waals surface area contributed by atoms with Crippen LogP contribution in [0.4, 0.5) is 5.69 Å². The monoisotopic (exact) mass is 445 g/mol. The molecule has 0 aromatic heterocycles. The zero-order chi connectivity index (χ0) is 16.5. The first-order valence-electron chi connectivity index (χ1n) is 8.76. The molecule has 1 aromatic rings. The van der Waals surface area contributed by atoms with Gasteiger partial charge < -0.3 is 20.4 Å². The van der Waals surface area contributed by atoms with E-state index in [2.05, 4.69) is 71.7 Å². The standard InChI is InChI=1S/C18H31N5.HI/c1-4-19-18(20-12-14-22(3)5-2)21-16-11-13-23(15-16)17-9-7-6-8-10-17;/h6-10,16H,4-5,11-15H2,1-3H3,(H2,19,20,21);1H. The summed E-state index contributed by atoms with van der Waals surface area (Å²) in [5.74, 6) is 0.942. The van der Waals surface area contributed by atoms with Crippen molar-refractivity contribution in [3.63, 3.8) is 0 Å². The molecule has 136 valence electrons. The minimum Gasteiger partial charge on any atom is -0.369 e. The largest absolute Gasteiger partial charge is 0.369 e. The number of para-hydroxylation sites is 1. The first-order valence-corrected chi connectivity index (χ1v) is 8.76. The number of guanidine groups is 1. The minimum atomic E-state index is 0. The van der Waals surface area contributed by atoms with Gasteiger partial charge in [0.25, 0.3) is 0 Å². The van der Waals surface area contributed by atoms with Crippen molar-refractivity contribution in [3.8, 4) is 0 Å². The van der Waals surface area contributed by atoms with Crippen molar-refractivity contribution in [2.45, 2.75) is 26.3 Å². The Morgan fingerprint density at radius 1 is 1.29 bits per heavy atom. The molecule has 6 heteroatoms. The van der Waals surface area contributed by atoms with E-state index in [1.165, 1.54) is 5.69 Å². The second-order valence-corrected chi connectivity index (χ2v) is 6.07. The Hall–Kier alpha value is -1.02. The van der Waals surface area contributed by atoms with Gasteiger partial charge in [-0.3, -0.25) is 4.99 Å². The smallest absolute Gasteiger partial charge is 0.191 e. The molecule has 0 saturated carbocycles. The highest BCUT2D eigenvalue weighted by molar-refractivity contribution is 14.0. The van der Waals surface area contributed by atoms with Crippen molar-refractivity contribution in [2.75, 3.05) is 51.2 Å². The van der Waals surface area contributed by atoms with Gasteiger partial charge in [-0.15, -0.1) is 24.0 Å². The molecule has 1 saturated heterocycles. The van der Waals surface area contributed by atoms with Gasteiger partial charge in [0, 0.05) is 37.9 Å². The molecule has 1 atom stereocenters. The van der Waals surface area contributed by atoms with Crippen LogP contribution in [-0.4, -0.2) is 63.2 Å². The molecule has 1 aromatic carbocycles. The van der Waals surface area contributed by atoms with Crippen molar-refractivity contribution in [2.24, 2.45) is 4.99 Å². The lowest BCUT2D eigenvalue weighted by atomic mass is 10.3. The van der Waals surface area contributed by atoms with Gasteiger partial charge in [-0.25, -0.2) is 0 Å². The number of halogens is 1. The van der Waals surface area contributed by atoms with Gasteiger partial charge in [-0.1, -0.05) is 25.1 Å².